The van der Waals surface area contributed by atoms with Gasteiger partial charge in [0, 0.05) is 5.56 Å². The van der Waals surface area contributed by atoms with Crippen molar-refractivity contribution in [2.24, 2.45) is 0 Å². The Kier molecular flexibility index (Phi) is 6.32. The van der Waals surface area contributed by atoms with Crippen molar-refractivity contribution < 1.29 is 28.6 Å². The van der Waals surface area contributed by atoms with Crippen molar-refractivity contribution in [1.29, 1.82) is 0 Å². The van der Waals surface area contributed by atoms with Crippen LogP contribution in [0.5, 0.6) is 11.5 Å². The zero-order chi connectivity index (χ0) is 19.1. The van der Waals surface area contributed by atoms with E-state index in [0.29, 0.717) is 22.7 Å². The summed E-state index contributed by atoms with van der Waals surface area (Å²) >= 11 is 0. The number of hydrogen-bond donors (Lipinski definition) is 1. The third-order valence-corrected chi connectivity index (χ3v) is 3.54. The predicted molar refractivity (Wildman–Crippen MR) is 94.9 cm³/mol. The van der Waals surface area contributed by atoms with Gasteiger partial charge in [-0.2, -0.15) is 0 Å². The normalized spacial score (nSPS) is 9.96. The van der Waals surface area contributed by atoms with Gasteiger partial charge in [0.1, 0.15) is 0 Å². The molecular weight excluding hydrogens is 338 g/mol. The summed E-state index contributed by atoms with van der Waals surface area (Å²) in [7, 11) is 2.71. The van der Waals surface area contributed by atoms with Crippen LogP contribution in [0.15, 0.2) is 42.5 Å². The van der Waals surface area contributed by atoms with Crippen molar-refractivity contribution in [3.63, 3.8) is 0 Å². The van der Waals surface area contributed by atoms with Crippen LogP contribution in [0.4, 0.5) is 5.69 Å². The third kappa shape index (κ3) is 4.60. The van der Waals surface area contributed by atoms with Crippen molar-refractivity contribution in [3.8, 4) is 11.5 Å². The largest absolute Gasteiger partial charge is 0.493 e. The molecule has 0 saturated heterocycles. The molecule has 0 bridgehead atoms. The Hall–Kier alpha value is -3.35. The van der Waals surface area contributed by atoms with Crippen molar-refractivity contribution >= 4 is 23.3 Å². The van der Waals surface area contributed by atoms with Crippen molar-refractivity contribution in [3.05, 3.63) is 53.6 Å². The molecule has 0 spiro atoms. The fraction of sp³-hybridized carbons (Fsp3) is 0.211. The van der Waals surface area contributed by atoms with Gasteiger partial charge in [-0.05, 0) is 37.3 Å². The van der Waals surface area contributed by atoms with Crippen LogP contribution in [0, 0.1) is 0 Å². The second-order valence-corrected chi connectivity index (χ2v) is 5.30. The van der Waals surface area contributed by atoms with Crippen LogP contribution < -0.4 is 14.8 Å². The molecule has 0 fully saturated rings. The first-order chi connectivity index (χ1) is 12.5. The SMILES string of the molecule is COC(=O)c1ccccc1NC(=O)COc1ccc(C(C)=O)cc1OC. The molecule has 0 heterocycles. The molecule has 7 heteroatoms. The Bertz CT molecular complexity index is 831. The number of Topliss-reactive ketones (excluding diaryl/α,β-unsaturated/α-hetero) is 1. The molecule has 0 aliphatic heterocycles. The first-order valence-electron chi connectivity index (χ1n) is 7.75. The second kappa shape index (κ2) is 8.66. The molecule has 136 valence electrons. The molecule has 0 aliphatic carbocycles. The second-order valence-electron chi connectivity index (χ2n) is 5.30. The summed E-state index contributed by atoms with van der Waals surface area (Å²) in [6.07, 6.45) is 0. The van der Waals surface area contributed by atoms with Gasteiger partial charge in [0.15, 0.2) is 23.9 Å². The Labute approximate surface area is 150 Å². The van der Waals surface area contributed by atoms with Gasteiger partial charge in [0.05, 0.1) is 25.5 Å². The highest BCUT2D eigenvalue weighted by Crippen LogP contribution is 2.28. The molecule has 0 atom stereocenters. The van der Waals surface area contributed by atoms with E-state index >= 15 is 0 Å². The van der Waals surface area contributed by atoms with E-state index in [2.05, 4.69) is 10.1 Å². The zero-order valence-electron chi connectivity index (χ0n) is 14.7. The van der Waals surface area contributed by atoms with Crippen LogP contribution >= 0.6 is 0 Å². The van der Waals surface area contributed by atoms with Crippen LogP contribution in [0.3, 0.4) is 0 Å². The highest BCUT2D eigenvalue weighted by molar-refractivity contribution is 6.01. The Balaban J connectivity index is 2.06. The van der Waals surface area contributed by atoms with E-state index in [0.717, 1.165) is 0 Å². The molecule has 1 amide bonds. The van der Waals surface area contributed by atoms with E-state index in [1.807, 2.05) is 0 Å². The summed E-state index contributed by atoms with van der Waals surface area (Å²) in [5.74, 6) is -0.441. The molecule has 0 radical (unpaired) electrons. The maximum absolute atomic E-state index is 12.1. The van der Waals surface area contributed by atoms with Crippen molar-refractivity contribution in [1.82, 2.24) is 0 Å². The molecule has 26 heavy (non-hydrogen) atoms. The van der Waals surface area contributed by atoms with E-state index in [4.69, 9.17) is 9.47 Å². The summed E-state index contributed by atoms with van der Waals surface area (Å²) in [5.41, 5.74) is 1.05. The first-order valence-corrected chi connectivity index (χ1v) is 7.75. The van der Waals surface area contributed by atoms with Crippen LogP contribution in [0.1, 0.15) is 27.6 Å². The van der Waals surface area contributed by atoms with E-state index in [9.17, 15) is 14.4 Å². The number of benzene rings is 2. The maximum atomic E-state index is 12.1. The predicted octanol–water partition coefficient (Wildman–Crippen LogP) is 2.70. The lowest BCUT2D eigenvalue weighted by molar-refractivity contribution is -0.118. The smallest absolute Gasteiger partial charge is 0.339 e. The summed E-state index contributed by atoms with van der Waals surface area (Å²) in [6, 6.07) is 11.2. The number of nitrogens with one attached hydrogen (secondary N) is 1. The number of hydrogen-bond acceptors (Lipinski definition) is 6. The van der Waals surface area contributed by atoms with Gasteiger partial charge in [-0.15, -0.1) is 0 Å². The van der Waals surface area contributed by atoms with Gasteiger partial charge in [0.2, 0.25) is 0 Å². The number of anilines is 1. The van der Waals surface area contributed by atoms with Crippen molar-refractivity contribution in [2.75, 3.05) is 26.1 Å². The van der Waals surface area contributed by atoms with Gasteiger partial charge in [-0.25, -0.2) is 4.79 Å². The number of esters is 1. The molecule has 7 nitrogen and oxygen atoms in total. The summed E-state index contributed by atoms with van der Waals surface area (Å²) in [6.45, 7) is 1.15. The Morgan fingerprint density at radius 2 is 1.73 bits per heavy atom. The average Bonchev–Trinajstić information content (AvgIpc) is 2.65. The summed E-state index contributed by atoms with van der Waals surface area (Å²) in [4.78, 5) is 35.3. The monoisotopic (exact) mass is 357 g/mol. The van der Waals surface area contributed by atoms with E-state index in [1.165, 1.54) is 21.1 Å². The lowest BCUT2D eigenvalue weighted by Crippen LogP contribution is -2.22. The molecule has 0 aromatic heterocycles. The number of amides is 1. The fourth-order valence-corrected chi connectivity index (χ4v) is 2.22. The van der Waals surface area contributed by atoms with Crippen LogP contribution in [0.25, 0.3) is 0 Å². The maximum Gasteiger partial charge on any atom is 0.339 e. The number of carbonyl (C=O) groups is 3. The minimum absolute atomic E-state index is 0.105. The van der Waals surface area contributed by atoms with Gasteiger partial charge in [0.25, 0.3) is 5.91 Å². The topological polar surface area (TPSA) is 90.9 Å². The molecular formula is C19H19NO6. The lowest BCUT2D eigenvalue weighted by Gasteiger charge is -2.13. The van der Waals surface area contributed by atoms with Gasteiger partial charge >= 0.3 is 5.97 Å². The highest BCUT2D eigenvalue weighted by atomic mass is 16.5. The highest BCUT2D eigenvalue weighted by Gasteiger charge is 2.14. The van der Waals surface area contributed by atoms with E-state index < -0.39 is 11.9 Å². The minimum Gasteiger partial charge on any atom is -0.493 e. The molecule has 1 N–H and O–H groups in total. The standard InChI is InChI=1S/C19H19NO6/c1-12(21)13-8-9-16(17(10-13)24-2)26-11-18(22)20-15-7-5-4-6-14(15)19(23)25-3/h4-10H,11H2,1-3H3,(H,20,22). The molecule has 2 aromatic rings. The van der Waals surface area contributed by atoms with Crippen LogP contribution in [-0.2, 0) is 9.53 Å². The molecule has 0 saturated carbocycles. The minimum atomic E-state index is -0.552. The number of rotatable bonds is 7. The van der Waals surface area contributed by atoms with Crippen LogP contribution in [0.2, 0.25) is 0 Å². The Morgan fingerprint density at radius 1 is 1.00 bits per heavy atom. The Morgan fingerprint density at radius 3 is 2.38 bits per heavy atom. The lowest BCUT2D eigenvalue weighted by atomic mass is 10.1. The molecule has 2 aromatic carbocycles. The van der Waals surface area contributed by atoms with Gasteiger partial charge in [-0.1, -0.05) is 12.1 Å². The summed E-state index contributed by atoms with van der Waals surface area (Å²) in [5, 5.41) is 2.60. The number of ether oxygens (including phenoxy) is 3. The summed E-state index contributed by atoms with van der Waals surface area (Å²) < 4.78 is 15.3. The average molecular weight is 357 g/mol. The van der Waals surface area contributed by atoms with Gasteiger partial charge in [-0.3, -0.25) is 9.59 Å². The number of methoxy groups -OCH3 is 2. The number of ketones is 1. The number of carbonyl (C=O) groups excluding carboxylic acids is 3. The molecule has 0 unspecified atom stereocenters. The van der Waals surface area contributed by atoms with E-state index in [1.54, 1.807) is 42.5 Å². The van der Waals surface area contributed by atoms with E-state index in [-0.39, 0.29) is 18.0 Å². The van der Waals surface area contributed by atoms with Gasteiger partial charge < -0.3 is 19.5 Å². The quantitative estimate of drug-likeness (QED) is 0.605. The van der Waals surface area contributed by atoms with Crippen LogP contribution in [-0.4, -0.2) is 38.5 Å². The fourth-order valence-electron chi connectivity index (χ4n) is 2.22. The third-order valence-electron chi connectivity index (χ3n) is 3.54. The number of para-hydroxylation sites is 1. The first kappa shape index (κ1) is 19.0. The zero-order valence-corrected chi connectivity index (χ0v) is 14.7. The molecule has 0 aliphatic rings. The molecule has 2 rings (SSSR count). The van der Waals surface area contributed by atoms with Crippen molar-refractivity contribution in [2.45, 2.75) is 6.92 Å².